The van der Waals surface area contributed by atoms with Crippen molar-refractivity contribution in [1.29, 1.82) is 0 Å². The number of benzene rings is 2. The molecule has 138 valence electrons. The number of amides is 1. The highest BCUT2D eigenvalue weighted by Crippen LogP contribution is 2.32. The summed E-state index contributed by atoms with van der Waals surface area (Å²) in [6, 6.07) is 11.5. The Balaban J connectivity index is 1.72. The molecule has 3 aromatic rings. The number of fused-ring (bicyclic) bond motifs is 2. The number of rotatable bonds is 2. The lowest BCUT2D eigenvalue weighted by Crippen LogP contribution is -2.37. The van der Waals surface area contributed by atoms with Crippen molar-refractivity contribution in [2.75, 3.05) is 11.4 Å². The van der Waals surface area contributed by atoms with Gasteiger partial charge in [0.25, 0.3) is 0 Å². The average molecular weight is 362 g/mol. The molecular weight excluding hydrogens is 339 g/mol. The van der Waals surface area contributed by atoms with Gasteiger partial charge in [0.05, 0.1) is 17.6 Å². The van der Waals surface area contributed by atoms with Crippen LogP contribution in [0.3, 0.4) is 0 Å². The first kappa shape index (κ1) is 17.7. The second kappa shape index (κ2) is 6.76. The van der Waals surface area contributed by atoms with Crippen molar-refractivity contribution < 1.29 is 9.18 Å². The van der Waals surface area contributed by atoms with E-state index in [0.717, 1.165) is 51.7 Å². The van der Waals surface area contributed by atoms with Gasteiger partial charge in [-0.15, -0.1) is 0 Å². The third-order valence-electron chi connectivity index (χ3n) is 5.50. The minimum atomic E-state index is -0.303. The average Bonchev–Trinajstić information content (AvgIpc) is 2.64. The van der Waals surface area contributed by atoms with Gasteiger partial charge in [-0.05, 0) is 68.0 Å². The molecule has 1 aromatic heterocycles. The van der Waals surface area contributed by atoms with Crippen LogP contribution in [0.25, 0.3) is 10.9 Å². The van der Waals surface area contributed by atoms with Gasteiger partial charge >= 0.3 is 0 Å². The Morgan fingerprint density at radius 2 is 1.96 bits per heavy atom. The summed E-state index contributed by atoms with van der Waals surface area (Å²) in [5.74, 6) is -0.370. The molecule has 0 bridgehead atoms. The van der Waals surface area contributed by atoms with E-state index in [1.807, 2.05) is 51.1 Å². The van der Waals surface area contributed by atoms with Crippen LogP contribution >= 0.6 is 0 Å². The number of hydrogen-bond donors (Lipinski definition) is 0. The van der Waals surface area contributed by atoms with Crippen LogP contribution in [0.1, 0.15) is 34.4 Å². The van der Waals surface area contributed by atoms with E-state index in [1.165, 1.54) is 6.07 Å². The predicted octanol–water partition coefficient (Wildman–Crippen LogP) is 4.82. The Bertz CT molecular complexity index is 1060. The number of pyridine rings is 1. The van der Waals surface area contributed by atoms with Gasteiger partial charge in [0.15, 0.2) is 0 Å². The molecular formula is C23H23FN2O. The van der Waals surface area contributed by atoms with Gasteiger partial charge in [0, 0.05) is 17.6 Å². The van der Waals surface area contributed by atoms with Crippen LogP contribution in [-0.2, 0) is 17.6 Å². The van der Waals surface area contributed by atoms with Crippen LogP contribution in [0.5, 0.6) is 0 Å². The molecule has 0 spiro atoms. The molecule has 2 aromatic carbocycles. The van der Waals surface area contributed by atoms with Crippen molar-refractivity contribution in [3.05, 3.63) is 70.2 Å². The number of hydrogen-bond acceptors (Lipinski definition) is 2. The molecule has 2 heterocycles. The minimum Gasteiger partial charge on any atom is -0.309 e. The number of aromatic nitrogens is 1. The molecule has 4 rings (SSSR count). The van der Waals surface area contributed by atoms with Crippen LogP contribution in [-0.4, -0.2) is 17.4 Å². The van der Waals surface area contributed by atoms with E-state index < -0.39 is 0 Å². The number of para-hydroxylation sites is 1. The van der Waals surface area contributed by atoms with Gasteiger partial charge in [0.1, 0.15) is 5.82 Å². The van der Waals surface area contributed by atoms with Crippen LogP contribution in [0.2, 0.25) is 0 Å². The molecule has 3 nitrogen and oxygen atoms in total. The molecule has 1 amide bonds. The van der Waals surface area contributed by atoms with E-state index in [1.54, 1.807) is 4.90 Å². The number of aryl methyl sites for hydroxylation is 4. The first-order valence-corrected chi connectivity index (χ1v) is 9.40. The maximum Gasteiger partial charge on any atom is 0.231 e. The van der Waals surface area contributed by atoms with Crippen molar-refractivity contribution in [3.8, 4) is 0 Å². The lowest BCUT2D eigenvalue weighted by molar-refractivity contribution is -0.118. The molecule has 0 saturated heterocycles. The molecule has 0 aliphatic carbocycles. The molecule has 0 unspecified atom stereocenters. The number of carbonyl (C=O) groups is 1. The number of carbonyl (C=O) groups excluding carboxylic acids is 1. The summed E-state index contributed by atoms with van der Waals surface area (Å²) in [4.78, 5) is 19.4. The fourth-order valence-corrected chi connectivity index (χ4v) is 4.17. The Labute approximate surface area is 158 Å². The molecule has 0 N–H and O–H groups in total. The normalized spacial score (nSPS) is 13.7. The molecule has 0 atom stereocenters. The van der Waals surface area contributed by atoms with Crippen molar-refractivity contribution in [3.63, 3.8) is 0 Å². The SMILES string of the molecule is Cc1cc(F)c2c(c1)CCCN2C(=O)Cc1c(C)nc2ccccc2c1C. The van der Waals surface area contributed by atoms with Crippen molar-refractivity contribution >= 4 is 22.5 Å². The molecule has 0 saturated carbocycles. The highest BCUT2D eigenvalue weighted by Gasteiger charge is 2.27. The Morgan fingerprint density at radius 1 is 1.19 bits per heavy atom. The van der Waals surface area contributed by atoms with Crippen LogP contribution < -0.4 is 4.90 Å². The first-order valence-electron chi connectivity index (χ1n) is 9.40. The molecule has 1 aliphatic rings. The fraction of sp³-hybridized carbons (Fsp3) is 0.304. The minimum absolute atomic E-state index is 0.0676. The molecule has 4 heteroatoms. The lowest BCUT2D eigenvalue weighted by Gasteiger charge is -2.30. The fourth-order valence-electron chi connectivity index (χ4n) is 4.17. The second-order valence-corrected chi connectivity index (χ2v) is 7.40. The van der Waals surface area contributed by atoms with E-state index in [-0.39, 0.29) is 18.1 Å². The zero-order chi connectivity index (χ0) is 19.1. The quantitative estimate of drug-likeness (QED) is 0.655. The van der Waals surface area contributed by atoms with Gasteiger partial charge in [-0.3, -0.25) is 9.78 Å². The summed E-state index contributed by atoms with van der Waals surface area (Å²) in [5.41, 5.74) is 6.10. The summed E-state index contributed by atoms with van der Waals surface area (Å²) in [7, 11) is 0. The highest BCUT2D eigenvalue weighted by atomic mass is 19.1. The van der Waals surface area contributed by atoms with Gasteiger partial charge in [-0.2, -0.15) is 0 Å². The van der Waals surface area contributed by atoms with Crippen LogP contribution in [0, 0.1) is 26.6 Å². The topological polar surface area (TPSA) is 33.2 Å². The zero-order valence-electron chi connectivity index (χ0n) is 16.0. The summed E-state index contributed by atoms with van der Waals surface area (Å²) < 4.78 is 14.6. The zero-order valence-corrected chi connectivity index (χ0v) is 16.0. The monoisotopic (exact) mass is 362 g/mol. The van der Waals surface area contributed by atoms with Crippen molar-refractivity contribution in [2.45, 2.75) is 40.0 Å². The van der Waals surface area contributed by atoms with E-state index in [4.69, 9.17) is 0 Å². The number of nitrogens with zero attached hydrogens (tertiary/aromatic N) is 2. The smallest absolute Gasteiger partial charge is 0.231 e. The van der Waals surface area contributed by atoms with Crippen molar-refractivity contribution in [1.82, 2.24) is 4.98 Å². The summed E-state index contributed by atoms with van der Waals surface area (Å²) in [6.07, 6.45) is 1.91. The number of anilines is 1. The molecule has 1 aliphatic heterocycles. The van der Waals surface area contributed by atoms with Crippen molar-refractivity contribution in [2.24, 2.45) is 0 Å². The summed E-state index contributed by atoms with van der Waals surface area (Å²) in [6.45, 7) is 6.42. The number of halogens is 1. The van der Waals surface area contributed by atoms with E-state index in [9.17, 15) is 9.18 Å². The third kappa shape index (κ3) is 3.09. The predicted molar refractivity (Wildman–Crippen MR) is 107 cm³/mol. The largest absolute Gasteiger partial charge is 0.309 e. The van der Waals surface area contributed by atoms with E-state index in [0.29, 0.717) is 12.2 Å². The molecule has 27 heavy (non-hydrogen) atoms. The standard InChI is InChI=1S/C23H23FN2O/c1-14-11-17-7-6-10-26(23(17)20(24)12-14)22(27)13-19-15(2)18-8-4-5-9-21(18)25-16(19)3/h4-5,8-9,11-12H,6-7,10,13H2,1-3H3. The second-order valence-electron chi connectivity index (χ2n) is 7.40. The van der Waals surface area contributed by atoms with E-state index >= 15 is 0 Å². The van der Waals surface area contributed by atoms with Crippen LogP contribution in [0.15, 0.2) is 36.4 Å². The van der Waals surface area contributed by atoms with Gasteiger partial charge in [-0.1, -0.05) is 24.3 Å². The summed E-state index contributed by atoms with van der Waals surface area (Å²) in [5, 5.41) is 1.06. The Morgan fingerprint density at radius 3 is 2.78 bits per heavy atom. The summed E-state index contributed by atoms with van der Waals surface area (Å²) >= 11 is 0. The van der Waals surface area contributed by atoms with Gasteiger partial charge < -0.3 is 4.90 Å². The first-order chi connectivity index (χ1) is 13.0. The van der Waals surface area contributed by atoms with Gasteiger partial charge in [-0.25, -0.2) is 4.39 Å². The molecule has 0 radical (unpaired) electrons. The Hall–Kier alpha value is -2.75. The van der Waals surface area contributed by atoms with E-state index in [2.05, 4.69) is 4.98 Å². The maximum absolute atomic E-state index is 14.6. The third-order valence-corrected chi connectivity index (χ3v) is 5.50. The maximum atomic E-state index is 14.6. The lowest BCUT2D eigenvalue weighted by atomic mass is 9.96. The highest BCUT2D eigenvalue weighted by molar-refractivity contribution is 5.97. The van der Waals surface area contributed by atoms with Gasteiger partial charge in [0.2, 0.25) is 5.91 Å². The van der Waals surface area contributed by atoms with Crippen LogP contribution in [0.4, 0.5) is 10.1 Å². The Kier molecular flexibility index (Phi) is 4.42. The molecule has 0 fully saturated rings.